The molecule has 1 fully saturated rings. The maximum Gasteiger partial charge on any atom is 0.317 e. The minimum atomic E-state index is 0.0711. The number of carbonyl (C=O) groups excluding carboxylic acids is 1. The zero-order chi connectivity index (χ0) is 13.1. The zero-order valence-corrected chi connectivity index (χ0v) is 10.9. The number of aromatic nitrogens is 2. The lowest BCUT2D eigenvalue weighted by atomic mass is 10.2. The fraction of sp³-hybridized carbons (Fsp3) is 0.429. The van der Waals surface area contributed by atoms with Crippen molar-refractivity contribution in [2.45, 2.75) is 19.4 Å². The van der Waals surface area contributed by atoms with E-state index >= 15 is 0 Å². The average Bonchev–Trinajstić information content (AvgIpc) is 2.76. The number of aryl methyl sites for hydroxylation is 1. The molecule has 1 aliphatic rings. The van der Waals surface area contributed by atoms with Crippen molar-refractivity contribution in [2.24, 2.45) is 0 Å². The summed E-state index contributed by atoms with van der Waals surface area (Å²) in [5.74, 6) is 0. The minimum absolute atomic E-state index is 0.0711. The van der Waals surface area contributed by atoms with Crippen molar-refractivity contribution >= 4 is 17.1 Å². The summed E-state index contributed by atoms with van der Waals surface area (Å²) in [6, 6.07) is 8.17. The predicted molar refractivity (Wildman–Crippen MR) is 73.9 cm³/mol. The Kier molecular flexibility index (Phi) is 3.35. The molecule has 1 saturated heterocycles. The lowest BCUT2D eigenvalue weighted by Crippen LogP contribution is -2.48. The molecule has 0 unspecified atom stereocenters. The van der Waals surface area contributed by atoms with Gasteiger partial charge in [-0.1, -0.05) is 12.1 Å². The predicted octanol–water partition coefficient (Wildman–Crippen LogP) is 1.84. The van der Waals surface area contributed by atoms with E-state index in [0.717, 1.165) is 43.5 Å². The first-order valence-electron chi connectivity index (χ1n) is 6.77. The molecule has 0 spiro atoms. The van der Waals surface area contributed by atoms with Gasteiger partial charge in [-0.25, -0.2) is 9.78 Å². The largest absolute Gasteiger partial charge is 0.338 e. The van der Waals surface area contributed by atoms with E-state index in [-0.39, 0.29) is 6.03 Å². The van der Waals surface area contributed by atoms with Crippen LogP contribution in [-0.4, -0.2) is 40.1 Å². The molecule has 1 aromatic carbocycles. The number of nitrogens with zero attached hydrogens (tertiary/aromatic N) is 3. The zero-order valence-electron chi connectivity index (χ0n) is 10.9. The summed E-state index contributed by atoms with van der Waals surface area (Å²) >= 11 is 0. The molecule has 0 radical (unpaired) electrons. The maximum atomic E-state index is 11.6. The van der Waals surface area contributed by atoms with Gasteiger partial charge >= 0.3 is 6.03 Å². The van der Waals surface area contributed by atoms with Crippen molar-refractivity contribution in [2.75, 3.05) is 19.6 Å². The van der Waals surface area contributed by atoms with Gasteiger partial charge in [0.05, 0.1) is 17.4 Å². The summed E-state index contributed by atoms with van der Waals surface area (Å²) in [6.07, 6.45) is 3.91. The molecular weight excluding hydrogens is 240 g/mol. The highest BCUT2D eigenvalue weighted by Gasteiger charge is 2.18. The van der Waals surface area contributed by atoms with Crippen molar-refractivity contribution in [3.8, 4) is 0 Å². The number of imidazole rings is 1. The van der Waals surface area contributed by atoms with E-state index in [0.29, 0.717) is 6.54 Å². The molecule has 2 aromatic rings. The van der Waals surface area contributed by atoms with E-state index in [4.69, 9.17) is 0 Å². The molecule has 1 aromatic heterocycles. The smallest absolute Gasteiger partial charge is 0.317 e. The van der Waals surface area contributed by atoms with E-state index in [1.807, 2.05) is 29.4 Å². The van der Waals surface area contributed by atoms with E-state index in [9.17, 15) is 4.79 Å². The summed E-state index contributed by atoms with van der Waals surface area (Å²) < 4.78 is 2.13. The normalized spacial score (nSPS) is 14.4. The summed E-state index contributed by atoms with van der Waals surface area (Å²) in [4.78, 5) is 17.8. The van der Waals surface area contributed by atoms with Gasteiger partial charge in [-0.2, -0.15) is 0 Å². The molecule has 3 rings (SSSR count). The van der Waals surface area contributed by atoms with Crippen LogP contribution in [0.5, 0.6) is 0 Å². The second kappa shape index (κ2) is 5.30. The highest BCUT2D eigenvalue weighted by atomic mass is 16.2. The molecule has 2 amide bonds. The first-order valence-corrected chi connectivity index (χ1v) is 6.77. The molecule has 1 N–H and O–H groups in total. The molecule has 0 bridgehead atoms. The molecule has 5 nitrogen and oxygen atoms in total. The highest BCUT2D eigenvalue weighted by Crippen LogP contribution is 2.12. The number of nitrogens with one attached hydrogen (secondary N) is 1. The Morgan fingerprint density at radius 3 is 2.95 bits per heavy atom. The summed E-state index contributed by atoms with van der Waals surface area (Å²) in [5.41, 5.74) is 2.17. The second-order valence-electron chi connectivity index (χ2n) is 4.85. The van der Waals surface area contributed by atoms with Crippen LogP contribution in [-0.2, 0) is 6.54 Å². The average molecular weight is 258 g/mol. The Labute approximate surface area is 112 Å². The van der Waals surface area contributed by atoms with Gasteiger partial charge < -0.3 is 14.8 Å². The Hall–Kier alpha value is -2.04. The fourth-order valence-electron chi connectivity index (χ4n) is 2.26. The first-order chi connectivity index (χ1) is 9.34. The standard InChI is InChI=1S/C14H18N4O/c19-14(17-9-4-10-17)15-7-3-8-18-11-16-12-5-1-2-6-13(12)18/h1-2,5-6,11H,3-4,7-10H2,(H,15,19). The molecule has 5 heteroatoms. The Balaban J connectivity index is 1.48. The van der Waals surface area contributed by atoms with Crippen molar-refractivity contribution < 1.29 is 4.79 Å². The van der Waals surface area contributed by atoms with Gasteiger partial charge in [0.2, 0.25) is 0 Å². The second-order valence-corrected chi connectivity index (χ2v) is 4.85. The van der Waals surface area contributed by atoms with Gasteiger partial charge in [-0.3, -0.25) is 0 Å². The number of rotatable bonds is 4. The Bertz CT molecular complexity index is 574. The van der Waals surface area contributed by atoms with Crippen LogP contribution in [0.25, 0.3) is 11.0 Å². The van der Waals surface area contributed by atoms with Crippen LogP contribution >= 0.6 is 0 Å². The third-order valence-electron chi connectivity index (χ3n) is 3.52. The quantitative estimate of drug-likeness (QED) is 0.851. The van der Waals surface area contributed by atoms with Crippen LogP contribution in [0.15, 0.2) is 30.6 Å². The number of para-hydroxylation sites is 2. The number of hydrogen-bond acceptors (Lipinski definition) is 2. The lowest BCUT2D eigenvalue weighted by molar-refractivity contribution is 0.167. The molecular formula is C14H18N4O. The number of urea groups is 1. The lowest BCUT2D eigenvalue weighted by Gasteiger charge is -2.30. The van der Waals surface area contributed by atoms with E-state index in [2.05, 4.69) is 20.9 Å². The van der Waals surface area contributed by atoms with Gasteiger partial charge in [0.1, 0.15) is 0 Å². The van der Waals surface area contributed by atoms with E-state index < -0.39 is 0 Å². The summed E-state index contributed by atoms with van der Waals surface area (Å²) in [7, 11) is 0. The van der Waals surface area contributed by atoms with Crippen molar-refractivity contribution in [3.05, 3.63) is 30.6 Å². The number of benzene rings is 1. The molecule has 19 heavy (non-hydrogen) atoms. The highest BCUT2D eigenvalue weighted by molar-refractivity contribution is 5.75. The van der Waals surface area contributed by atoms with E-state index in [1.165, 1.54) is 0 Å². The van der Waals surface area contributed by atoms with Crippen LogP contribution < -0.4 is 5.32 Å². The van der Waals surface area contributed by atoms with Crippen LogP contribution in [0.3, 0.4) is 0 Å². The molecule has 0 atom stereocenters. The van der Waals surface area contributed by atoms with Crippen LogP contribution in [0.4, 0.5) is 4.79 Å². The fourth-order valence-corrected chi connectivity index (χ4v) is 2.26. The van der Waals surface area contributed by atoms with Crippen LogP contribution in [0.1, 0.15) is 12.8 Å². The van der Waals surface area contributed by atoms with Gasteiger partial charge in [-0.05, 0) is 25.0 Å². The van der Waals surface area contributed by atoms with Crippen molar-refractivity contribution in [1.82, 2.24) is 19.8 Å². The number of fused-ring (bicyclic) bond motifs is 1. The van der Waals surface area contributed by atoms with Crippen LogP contribution in [0.2, 0.25) is 0 Å². The third kappa shape index (κ3) is 2.54. The number of amides is 2. The monoisotopic (exact) mass is 258 g/mol. The molecule has 0 aliphatic carbocycles. The van der Waals surface area contributed by atoms with Gasteiger partial charge in [0.15, 0.2) is 0 Å². The minimum Gasteiger partial charge on any atom is -0.338 e. The van der Waals surface area contributed by atoms with Crippen LogP contribution in [0, 0.1) is 0 Å². The maximum absolute atomic E-state index is 11.6. The Morgan fingerprint density at radius 1 is 1.32 bits per heavy atom. The van der Waals surface area contributed by atoms with Gasteiger partial charge in [0.25, 0.3) is 0 Å². The third-order valence-corrected chi connectivity index (χ3v) is 3.52. The van der Waals surface area contributed by atoms with Crippen molar-refractivity contribution in [1.29, 1.82) is 0 Å². The van der Waals surface area contributed by atoms with Gasteiger partial charge in [-0.15, -0.1) is 0 Å². The number of carbonyl (C=O) groups is 1. The van der Waals surface area contributed by atoms with Crippen molar-refractivity contribution in [3.63, 3.8) is 0 Å². The summed E-state index contributed by atoms with van der Waals surface area (Å²) in [6.45, 7) is 3.39. The topological polar surface area (TPSA) is 50.2 Å². The molecule has 1 aliphatic heterocycles. The summed E-state index contributed by atoms with van der Waals surface area (Å²) in [5, 5.41) is 2.95. The van der Waals surface area contributed by atoms with E-state index in [1.54, 1.807) is 0 Å². The van der Waals surface area contributed by atoms with Gasteiger partial charge in [0, 0.05) is 26.2 Å². The first kappa shape index (κ1) is 12.0. The molecule has 0 saturated carbocycles. The SMILES string of the molecule is O=C(NCCCn1cnc2ccccc21)N1CCC1. The number of hydrogen-bond donors (Lipinski definition) is 1. The Morgan fingerprint density at radius 2 is 2.16 bits per heavy atom. The molecule has 2 heterocycles. The molecule has 100 valence electrons. The number of likely N-dealkylation sites (tertiary alicyclic amines) is 1.